The van der Waals surface area contributed by atoms with Crippen LogP contribution >= 0.6 is 0 Å². The first-order chi connectivity index (χ1) is 11.3. The van der Waals surface area contributed by atoms with E-state index in [1.54, 1.807) is 10.7 Å². The van der Waals surface area contributed by atoms with Crippen molar-refractivity contribution in [1.82, 2.24) is 34.7 Å². The topological polar surface area (TPSA) is 83.5 Å². The van der Waals surface area contributed by atoms with Crippen molar-refractivity contribution in [3.8, 4) is 11.6 Å². The lowest BCUT2D eigenvalue weighted by molar-refractivity contribution is 0.460. The molecule has 8 heteroatoms. The first kappa shape index (κ1) is 13.4. The number of hydrogen-bond donors (Lipinski definition) is 0. The Bertz CT molecular complexity index is 946. The van der Waals surface area contributed by atoms with E-state index in [2.05, 4.69) is 30.1 Å². The summed E-state index contributed by atoms with van der Waals surface area (Å²) in [7, 11) is 2.01. The smallest absolute Gasteiger partial charge is 0.222 e. The second-order valence-corrected chi connectivity index (χ2v) is 5.10. The molecule has 4 aromatic rings. The number of aromatic nitrogens is 7. The summed E-state index contributed by atoms with van der Waals surface area (Å²) < 4.78 is 9.48. The van der Waals surface area contributed by atoms with Crippen molar-refractivity contribution < 1.29 is 4.74 Å². The van der Waals surface area contributed by atoms with Crippen molar-refractivity contribution in [1.29, 1.82) is 0 Å². The van der Waals surface area contributed by atoms with Crippen LogP contribution in [0.3, 0.4) is 0 Å². The van der Waals surface area contributed by atoms with Crippen LogP contribution in [0.2, 0.25) is 0 Å². The van der Waals surface area contributed by atoms with Crippen molar-refractivity contribution in [2.24, 2.45) is 7.05 Å². The molecule has 0 unspecified atom stereocenters. The fourth-order valence-electron chi connectivity index (χ4n) is 2.38. The van der Waals surface area contributed by atoms with Crippen LogP contribution in [0, 0.1) is 0 Å². The van der Waals surface area contributed by atoms with Gasteiger partial charge in [-0.15, -0.1) is 5.10 Å². The molecule has 23 heavy (non-hydrogen) atoms. The average molecular weight is 307 g/mol. The standard InChI is InChI=1S/C15H13N7O/c1-21-5-4-11-6-13(2-3-14(11)21)23-15-7-12(16-9-17-15)8-22-10-18-19-20-22/h2-7,9-10H,8H2,1H3. The average Bonchev–Trinajstić information content (AvgIpc) is 3.18. The van der Waals surface area contributed by atoms with Crippen LogP contribution in [-0.2, 0) is 13.6 Å². The largest absolute Gasteiger partial charge is 0.439 e. The van der Waals surface area contributed by atoms with Gasteiger partial charge in [0, 0.05) is 30.2 Å². The summed E-state index contributed by atoms with van der Waals surface area (Å²) >= 11 is 0. The predicted octanol–water partition coefficient (Wildman–Crippen LogP) is 1.80. The molecule has 4 rings (SSSR count). The lowest BCUT2D eigenvalue weighted by Gasteiger charge is -2.06. The predicted molar refractivity (Wildman–Crippen MR) is 81.9 cm³/mol. The van der Waals surface area contributed by atoms with Gasteiger partial charge in [0.1, 0.15) is 18.4 Å². The van der Waals surface area contributed by atoms with E-state index in [4.69, 9.17) is 4.74 Å². The summed E-state index contributed by atoms with van der Waals surface area (Å²) in [6, 6.07) is 9.75. The fraction of sp³-hybridized carbons (Fsp3) is 0.133. The summed E-state index contributed by atoms with van der Waals surface area (Å²) in [5.41, 5.74) is 1.92. The highest BCUT2D eigenvalue weighted by molar-refractivity contribution is 5.81. The Morgan fingerprint density at radius 2 is 2.09 bits per heavy atom. The number of rotatable bonds is 4. The monoisotopic (exact) mass is 307 g/mol. The van der Waals surface area contributed by atoms with Crippen molar-refractivity contribution in [3.05, 3.63) is 54.9 Å². The number of benzene rings is 1. The molecule has 3 heterocycles. The van der Waals surface area contributed by atoms with Gasteiger partial charge < -0.3 is 9.30 Å². The van der Waals surface area contributed by atoms with Crippen molar-refractivity contribution in [3.63, 3.8) is 0 Å². The van der Waals surface area contributed by atoms with E-state index in [-0.39, 0.29) is 0 Å². The van der Waals surface area contributed by atoms with Gasteiger partial charge in [-0.1, -0.05) is 0 Å². The Morgan fingerprint density at radius 1 is 1.13 bits per heavy atom. The van der Waals surface area contributed by atoms with E-state index in [9.17, 15) is 0 Å². The molecule has 0 saturated heterocycles. The van der Waals surface area contributed by atoms with Gasteiger partial charge in [0.05, 0.1) is 12.2 Å². The number of hydrogen-bond acceptors (Lipinski definition) is 6. The van der Waals surface area contributed by atoms with Crippen LogP contribution in [0.15, 0.2) is 49.2 Å². The molecule has 0 aliphatic heterocycles. The molecule has 0 radical (unpaired) electrons. The quantitative estimate of drug-likeness (QED) is 0.571. The van der Waals surface area contributed by atoms with Gasteiger partial charge in [-0.25, -0.2) is 14.6 Å². The molecule has 0 spiro atoms. The third kappa shape index (κ3) is 2.73. The number of fused-ring (bicyclic) bond motifs is 1. The molecule has 0 aliphatic rings. The first-order valence-corrected chi connectivity index (χ1v) is 7.02. The zero-order valence-corrected chi connectivity index (χ0v) is 12.4. The highest BCUT2D eigenvalue weighted by Gasteiger charge is 2.05. The molecule has 0 saturated carbocycles. The lowest BCUT2D eigenvalue weighted by atomic mass is 10.2. The van der Waals surface area contributed by atoms with Gasteiger partial charge in [0.2, 0.25) is 5.88 Å². The van der Waals surface area contributed by atoms with E-state index < -0.39 is 0 Å². The van der Waals surface area contributed by atoms with Gasteiger partial charge in [-0.2, -0.15) is 0 Å². The number of tetrazole rings is 1. The van der Waals surface area contributed by atoms with Crippen LogP contribution < -0.4 is 4.74 Å². The van der Waals surface area contributed by atoms with E-state index in [1.807, 2.05) is 37.5 Å². The molecule has 3 aromatic heterocycles. The zero-order valence-electron chi connectivity index (χ0n) is 12.4. The number of aryl methyl sites for hydroxylation is 1. The Hall–Kier alpha value is -3.29. The van der Waals surface area contributed by atoms with Crippen LogP contribution in [0.4, 0.5) is 0 Å². The fourth-order valence-corrected chi connectivity index (χ4v) is 2.38. The summed E-state index contributed by atoms with van der Waals surface area (Å²) in [5, 5.41) is 12.1. The molecular weight excluding hydrogens is 294 g/mol. The maximum atomic E-state index is 5.83. The Kier molecular flexibility index (Phi) is 3.19. The minimum atomic E-state index is 0.462. The van der Waals surface area contributed by atoms with Crippen LogP contribution in [-0.4, -0.2) is 34.7 Å². The number of nitrogens with zero attached hydrogens (tertiary/aromatic N) is 7. The minimum Gasteiger partial charge on any atom is -0.439 e. The molecule has 1 aromatic carbocycles. The van der Waals surface area contributed by atoms with Crippen LogP contribution in [0.1, 0.15) is 5.69 Å². The maximum absolute atomic E-state index is 5.83. The summed E-state index contributed by atoms with van der Waals surface area (Å²) in [5.74, 6) is 1.22. The molecule has 0 atom stereocenters. The second kappa shape index (κ2) is 5.48. The SMILES string of the molecule is Cn1ccc2cc(Oc3cc(Cn4cnnn4)ncn3)ccc21. The molecule has 0 fully saturated rings. The summed E-state index contributed by atoms with van der Waals surface area (Å²) in [6.07, 6.45) is 5.02. The van der Waals surface area contributed by atoms with Gasteiger partial charge in [-0.3, -0.25) is 0 Å². The lowest BCUT2D eigenvalue weighted by Crippen LogP contribution is -2.03. The molecular formula is C15H13N7O. The summed E-state index contributed by atoms with van der Waals surface area (Å²) in [4.78, 5) is 8.35. The third-order valence-electron chi connectivity index (χ3n) is 3.49. The Balaban J connectivity index is 1.57. The molecule has 8 nitrogen and oxygen atoms in total. The summed E-state index contributed by atoms with van der Waals surface area (Å²) in [6.45, 7) is 0.462. The minimum absolute atomic E-state index is 0.462. The van der Waals surface area contributed by atoms with E-state index >= 15 is 0 Å². The highest BCUT2D eigenvalue weighted by atomic mass is 16.5. The van der Waals surface area contributed by atoms with E-state index in [1.165, 1.54) is 12.7 Å². The molecule has 0 N–H and O–H groups in total. The Labute approximate surface area is 131 Å². The van der Waals surface area contributed by atoms with Crippen LogP contribution in [0.25, 0.3) is 10.9 Å². The molecule has 0 bridgehead atoms. The van der Waals surface area contributed by atoms with E-state index in [0.717, 1.165) is 22.3 Å². The van der Waals surface area contributed by atoms with E-state index in [0.29, 0.717) is 12.4 Å². The normalized spacial score (nSPS) is 11.0. The first-order valence-electron chi connectivity index (χ1n) is 7.02. The molecule has 0 amide bonds. The van der Waals surface area contributed by atoms with Gasteiger partial charge in [0.15, 0.2) is 0 Å². The molecule has 114 valence electrons. The second-order valence-electron chi connectivity index (χ2n) is 5.10. The van der Waals surface area contributed by atoms with Crippen LogP contribution in [0.5, 0.6) is 11.6 Å². The number of ether oxygens (including phenoxy) is 1. The van der Waals surface area contributed by atoms with Gasteiger partial charge in [0.25, 0.3) is 0 Å². The molecule has 0 aliphatic carbocycles. The van der Waals surface area contributed by atoms with Gasteiger partial charge >= 0.3 is 0 Å². The van der Waals surface area contributed by atoms with Gasteiger partial charge in [-0.05, 0) is 34.7 Å². The maximum Gasteiger partial charge on any atom is 0.222 e. The zero-order chi connectivity index (χ0) is 15.6. The van der Waals surface area contributed by atoms with Crippen molar-refractivity contribution >= 4 is 10.9 Å². The van der Waals surface area contributed by atoms with Crippen molar-refractivity contribution in [2.75, 3.05) is 0 Å². The Morgan fingerprint density at radius 3 is 2.96 bits per heavy atom. The highest BCUT2D eigenvalue weighted by Crippen LogP contribution is 2.25. The third-order valence-corrected chi connectivity index (χ3v) is 3.49. The van der Waals surface area contributed by atoms with Crippen molar-refractivity contribution in [2.45, 2.75) is 6.54 Å².